The van der Waals surface area contributed by atoms with Gasteiger partial charge in [0.05, 0.1) is 6.20 Å². The van der Waals surface area contributed by atoms with Gasteiger partial charge in [0.2, 0.25) is 11.7 Å². The van der Waals surface area contributed by atoms with Gasteiger partial charge in [0.15, 0.2) is 11.0 Å². The smallest absolute Gasteiger partial charge is 0.358 e. The van der Waals surface area contributed by atoms with Crippen LogP contribution in [0.15, 0.2) is 41.1 Å². The average molecular weight is 422 g/mol. The predicted octanol–water partition coefficient (Wildman–Crippen LogP) is 2.71. The lowest BCUT2D eigenvalue weighted by Gasteiger charge is -2.27. The van der Waals surface area contributed by atoms with E-state index in [0.29, 0.717) is 5.56 Å². The van der Waals surface area contributed by atoms with Gasteiger partial charge in [0.25, 0.3) is 5.91 Å². The Morgan fingerprint density at radius 3 is 2.70 bits per heavy atom. The van der Waals surface area contributed by atoms with E-state index in [1.807, 2.05) is 0 Å². The SMILES string of the molecule is O=C(c1cn[nH]c1[N+](=O)[O-])N1CCC(c2nc(-c3ccccc3)no2)(C(F)(F)F)C1. The summed E-state index contributed by atoms with van der Waals surface area (Å²) in [4.78, 5) is 27.6. The summed E-state index contributed by atoms with van der Waals surface area (Å²) in [5, 5.41) is 20.1. The zero-order valence-corrected chi connectivity index (χ0v) is 15.1. The molecule has 13 heteroatoms. The number of hydrogen-bond acceptors (Lipinski definition) is 7. The largest absolute Gasteiger partial charge is 0.405 e. The number of alkyl halides is 3. The quantitative estimate of drug-likeness (QED) is 0.505. The van der Waals surface area contributed by atoms with Crippen LogP contribution in [-0.4, -0.2) is 55.3 Å². The van der Waals surface area contributed by atoms with Crippen LogP contribution in [-0.2, 0) is 5.41 Å². The molecule has 1 aromatic carbocycles. The molecular formula is C17H13F3N6O4. The fourth-order valence-corrected chi connectivity index (χ4v) is 3.38. The second-order valence-electron chi connectivity index (χ2n) is 6.74. The molecule has 10 nitrogen and oxygen atoms in total. The van der Waals surface area contributed by atoms with E-state index in [9.17, 15) is 28.1 Å². The molecule has 0 spiro atoms. The van der Waals surface area contributed by atoms with Crippen molar-refractivity contribution >= 4 is 11.7 Å². The zero-order valence-electron chi connectivity index (χ0n) is 15.1. The lowest BCUT2D eigenvalue weighted by Crippen LogP contribution is -2.46. The van der Waals surface area contributed by atoms with E-state index in [0.717, 1.165) is 11.1 Å². The fourth-order valence-electron chi connectivity index (χ4n) is 3.38. The Kier molecular flexibility index (Phi) is 4.51. The number of likely N-dealkylation sites (tertiary alicyclic amines) is 1. The topological polar surface area (TPSA) is 131 Å². The molecule has 1 fully saturated rings. The minimum absolute atomic E-state index is 0.00975. The van der Waals surface area contributed by atoms with Crippen LogP contribution in [0.3, 0.4) is 0 Å². The summed E-state index contributed by atoms with van der Waals surface area (Å²) in [6, 6.07) is 8.34. The molecule has 0 aliphatic carbocycles. The molecule has 1 N–H and O–H groups in total. The molecule has 0 saturated carbocycles. The minimum Gasteiger partial charge on any atom is -0.358 e. The van der Waals surface area contributed by atoms with Gasteiger partial charge in [-0.2, -0.15) is 18.2 Å². The van der Waals surface area contributed by atoms with Crippen molar-refractivity contribution < 1.29 is 27.4 Å². The van der Waals surface area contributed by atoms with Gasteiger partial charge in [-0.25, -0.2) is 0 Å². The average Bonchev–Trinajstić information content (AvgIpc) is 3.46. The van der Waals surface area contributed by atoms with E-state index < -0.39 is 52.7 Å². The highest BCUT2D eigenvalue weighted by Crippen LogP contribution is 2.47. The molecule has 1 aliphatic heterocycles. The van der Waals surface area contributed by atoms with Gasteiger partial charge in [-0.15, -0.1) is 5.10 Å². The summed E-state index contributed by atoms with van der Waals surface area (Å²) in [6.07, 6.45) is -4.41. The fraction of sp³-hybridized carbons (Fsp3) is 0.294. The third-order valence-corrected chi connectivity index (χ3v) is 5.00. The number of benzene rings is 1. The normalized spacial score (nSPS) is 19.2. The molecule has 0 radical (unpaired) electrons. The number of aromatic nitrogens is 4. The molecule has 1 aliphatic rings. The Balaban J connectivity index is 1.67. The number of amides is 1. The number of hydrogen-bond donors (Lipinski definition) is 1. The van der Waals surface area contributed by atoms with Crippen molar-refractivity contribution in [2.24, 2.45) is 0 Å². The lowest BCUT2D eigenvalue weighted by molar-refractivity contribution is -0.389. The van der Waals surface area contributed by atoms with E-state index in [2.05, 4.69) is 20.3 Å². The molecule has 1 atom stereocenters. The number of carbonyl (C=O) groups is 1. The second-order valence-corrected chi connectivity index (χ2v) is 6.74. The summed E-state index contributed by atoms with van der Waals surface area (Å²) < 4.78 is 47.3. The summed E-state index contributed by atoms with van der Waals surface area (Å²) in [6.45, 7) is -1.11. The molecule has 1 saturated heterocycles. The van der Waals surface area contributed by atoms with Crippen molar-refractivity contribution in [3.05, 3.63) is 58.1 Å². The summed E-state index contributed by atoms with van der Waals surface area (Å²) in [7, 11) is 0. The first-order valence-electron chi connectivity index (χ1n) is 8.66. The van der Waals surface area contributed by atoms with Gasteiger partial charge in [-0.05, 0) is 11.3 Å². The van der Waals surface area contributed by atoms with Gasteiger partial charge < -0.3 is 19.5 Å². The first-order valence-corrected chi connectivity index (χ1v) is 8.66. The van der Waals surface area contributed by atoms with Gasteiger partial charge >= 0.3 is 12.0 Å². The third kappa shape index (κ3) is 3.07. The first-order chi connectivity index (χ1) is 14.2. The van der Waals surface area contributed by atoms with Crippen LogP contribution in [0.4, 0.5) is 19.0 Å². The van der Waals surface area contributed by atoms with Crippen LogP contribution < -0.4 is 0 Å². The van der Waals surface area contributed by atoms with Crippen LogP contribution in [0.2, 0.25) is 0 Å². The molecule has 30 heavy (non-hydrogen) atoms. The number of halogens is 3. The Labute approximate surface area is 165 Å². The van der Waals surface area contributed by atoms with Crippen LogP contribution in [0, 0.1) is 10.1 Å². The maximum Gasteiger partial charge on any atom is 0.405 e. The number of aromatic amines is 1. The molecule has 0 bridgehead atoms. The Hall–Kier alpha value is -3.77. The van der Waals surface area contributed by atoms with Crippen LogP contribution >= 0.6 is 0 Å². The highest BCUT2D eigenvalue weighted by Gasteiger charge is 2.63. The van der Waals surface area contributed by atoms with Gasteiger partial charge in [0, 0.05) is 18.7 Å². The van der Waals surface area contributed by atoms with Crippen molar-refractivity contribution in [3.8, 4) is 11.4 Å². The monoisotopic (exact) mass is 422 g/mol. The summed E-state index contributed by atoms with van der Waals surface area (Å²) in [5.74, 6) is -2.30. The number of nitrogens with one attached hydrogen (secondary N) is 1. The van der Waals surface area contributed by atoms with Gasteiger partial charge in [-0.3, -0.25) is 4.79 Å². The molecule has 3 heterocycles. The van der Waals surface area contributed by atoms with Gasteiger partial charge in [0.1, 0.15) is 0 Å². The molecule has 4 rings (SSSR count). The maximum absolute atomic E-state index is 14.1. The third-order valence-electron chi connectivity index (χ3n) is 5.00. The van der Waals surface area contributed by atoms with E-state index in [-0.39, 0.29) is 12.4 Å². The Bertz CT molecular complexity index is 1100. The van der Waals surface area contributed by atoms with Crippen molar-refractivity contribution in [1.82, 2.24) is 25.2 Å². The first kappa shape index (κ1) is 19.5. The van der Waals surface area contributed by atoms with E-state index in [4.69, 9.17) is 4.52 Å². The summed E-state index contributed by atoms with van der Waals surface area (Å²) in [5.41, 5.74) is -2.53. The van der Waals surface area contributed by atoms with E-state index in [1.165, 1.54) is 0 Å². The van der Waals surface area contributed by atoms with Crippen molar-refractivity contribution in [1.29, 1.82) is 0 Å². The second kappa shape index (κ2) is 6.93. The Morgan fingerprint density at radius 1 is 1.30 bits per heavy atom. The van der Waals surface area contributed by atoms with Crippen molar-refractivity contribution in [2.75, 3.05) is 13.1 Å². The highest BCUT2D eigenvalue weighted by atomic mass is 19.4. The van der Waals surface area contributed by atoms with Crippen molar-refractivity contribution in [3.63, 3.8) is 0 Å². The number of rotatable bonds is 4. The summed E-state index contributed by atoms with van der Waals surface area (Å²) >= 11 is 0. The van der Waals surface area contributed by atoms with Crippen LogP contribution in [0.5, 0.6) is 0 Å². The van der Waals surface area contributed by atoms with Crippen LogP contribution in [0.1, 0.15) is 22.7 Å². The maximum atomic E-state index is 14.1. The van der Waals surface area contributed by atoms with E-state index in [1.54, 1.807) is 30.3 Å². The van der Waals surface area contributed by atoms with Crippen LogP contribution in [0.25, 0.3) is 11.4 Å². The van der Waals surface area contributed by atoms with Crippen molar-refractivity contribution in [2.45, 2.75) is 18.0 Å². The lowest BCUT2D eigenvalue weighted by atomic mass is 9.86. The molecule has 2 aromatic heterocycles. The van der Waals surface area contributed by atoms with E-state index >= 15 is 0 Å². The highest BCUT2D eigenvalue weighted by molar-refractivity contribution is 5.97. The zero-order chi connectivity index (χ0) is 21.5. The van der Waals surface area contributed by atoms with Gasteiger partial charge in [-0.1, -0.05) is 40.6 Å². The number of nitrogens with zero attached hydrogens (tertiary/aromatic N) is 5. The standard InChI is InChI=1S/C17H13F3N6O4/c18-17(19,20)16(15-22-12(24-30-15)10-4-2-1-3-5-10)6-7-25(9-16)14(27)11-8-21-23-13(11)26(28)29/h1-5,8H,6-7,9H2,(H,21,23). The number of nitro groups is 1. The number of carbonyl (C=O) groups excluding carboxylic acids is 1. The molecule has 1 amide bonds. The minimum atomic E-state index is -4.80. The number of H-pyrrole nitrogens is 1. The predicted molar refractivity (Wildman–Crippen MR) is 93.2 cm³/mol. The molecule has 156 valence electrons. The molecule has 1 unspecified atom stereocenters. The Morgan fingerprint density at radius 2 is 2.03 bits per heavy atom. The molecular weight excluding hydrogens is 409 g/mol. The molecule has 3 aromatic rings.